The Balaban J connectivity index is 1.97. The number of methoxy groups -OCH3 is 1. The molecule has 0 unspecified atom stereocenters. The van der Waals surface area contributed by atoms with Gasteiger partial charge in [0.05, 0.1) is 41.3 Å². The van der Waals surface area contributed by atoms with Gasteiger partial charge in [0.1, 0.15) is 5.00 Å². The Morgan fingerprint density at radius 2 is 2.10 bits per heavy atom. The summed E-state index contributed by atoms with van der Waals surface area (Å²) in [5, 5.41) is 13.9. The zero-order valence-corrected chi connectivity index (χ0v) is 18.2. The maximum atomic E-state index is 12.8. The summed E-state index contributed by atoms with van der Waals surface area (Å²) in [5.41, 5.74) is 0.498. The number of hydrogen-bond acceptors (Lipinski definition) is 8. The Labute approximate surface area is 185 Å². The molecule has 1 aromatic carbocycles. The lowest BCUT2D eigenvalue weighted by molar-refractivity contribution is -0.384. The molecule has 2 heterocycles. The fourth-order valence-electron chi connectivity index (χ4n) is 3.17. The normalized spacial score (nSPS) is 12.7. The van der Waals surface area contributed by atoms with E-state index < -0.39 is 22.9 Å². The highest BCUT2D eigenvalue weighted by Crippen LogP contribution is 2.38. The van der Waals surface area contributed by atoms with Crippen LogP contribution >= 0.6 is 22.9 Å². The number of rotatable bonds is 5. The van der Waals surface area contributed by atoms with Crippen LogP contribution in [0.25, 0.3) is 0 Å². The first-order valence-corrected chi connectivity index (χ1v) is 10.4. The van der Waals surface area contributed by atoms with Crippen molar-refractivity contribution in [2.24, 2.45) is 0 Å². The van der Waals surface area contributed by atoms with Crippen molar-refractivity contribution in [1.29, 1.82) is 0 Å². The Bertz CT molecular complexity index is 1070. The van der Waals surface area contributed by atoms with Gasteiger partial charge >= 0.3 is 12.1 Å². The van der Waals surface area contributed by atoms with Crippen molar-refractivity contribution < 1.29 is 28.8 Å². The van der Waals surface area contributed by atoms with Crippen LogP contribution in [0.3, 0.4) is 0 Å². The number of halogens is 1. The number of thiophene rings is 1. The molecule has 12 heteroatoms. The van der Waals surface area contributed by atoms with Gasteiger partial charge in [-0.3, -0.25) is 14.9 Å². The average molecular weight is 468 g/mol. The molecular formula is C19H18ClN3O7S. The van der Waals surface area contributed by atoms with Crippen molar-refractivity contribution in [2.45, 2.75) is 19.9 Å². The monoisotopic (exact) mass is 467 g/mol. The number of carbonyl (C=O) groups excluding carboxylic acids is 3. The lowest BCUT2D eigenvalue weighted by Gasteiger charge is -2.25. The highest BCUT2D eigenvalue weighted by molar-refractivity contribution is 7.17. The van der Waals surface area contributed by atoms with E-state index in [0.717, 1.165) is 17.4 Å². The zero-order chi connectivity index (χ0) is 22.7. The molecule has 0 saturated carbocycles. The van der Waals surface area contributed by atoms with Crippen LogP contribution in [-0.4, -0.2) is 48.1 Å². The van der Waals surface area contributed by atoms with Gasteiger partial charge in [0.25, 0.3) is 11.6 Å². The highest BCUT2D eigenvalue weighted by Gasteiger charge is 2.31. The maximum Gasteiger partial charge on any atom is 0.409 e. The van der Waals surface area contributed by atoms with Gasteiger partial charge in [-0.2, -0.15) is 0 Å². The lowest BCUT2D eigenvalue weighted by Crippen LogP contribution is -2.35. The largest absolute Gasteiger partial charge is 0.462 e. The van der Waals surface area contributed by atoms with E-state index >= 15 is 0 Å². The third kappa shape index (κ3) is 4.62. The molecule has 164 valence electrons. The predicted molar refractivity (Wildman–Crippen MR) is 113 cm³/mol. The summed E-state index contributed by atoms with van der Waals surface area (Å²) < 4.78 is 9.90. The molecule has 1 aliphatic rings. The van der Waals surface area contributed by atoms with Crippen LogP contribution in [0.2, 0.25) is 5.02 Å². The van der Waals surface area contributed by atoms with Crippen LogP contribution in [0.5, 0.6) is 0 Å². The molecule has 1 aliphatic heterocycles. The molecule has 1 aromatic heterocycles. The number of nitro benzene ring substituents is 1. The van der Waals surface area contributed by atoms with Crippen molar-refractivity contribution in [3.63, 3.8) is 0 Å². The first kappa shape index (κ1) is 22.5. The molecule has 0 bridgehead atoms. The second-order valence-electron chi connectivity index (χ2n) is 6.45. The highest BCUT2D eigenvalue weighted by atomic mass is 35.5. The summed E-state index contributed by atoms with van der Waals surface area (Å²) in [5.74, 6) is -1.31. The van der Waals surface area contributed by atoms with Gasteiger partial charge in [-0.15, -0.1) is 11.3 Å². The number of nitrogens with zero attached hydrogens (tertiary/aromatic N) is 2. The number of benzene rings is 1. The quantitative estimate of drug-likeness (QED) is 0.401. The van der Waals surface area contributed by atoms with Gasteiger partial charge < -0.3 is 19.7 Å². The van der Waals surface area contributed by atoms with Gasteiger partial charge in [0.2, 0.25) is 0 Å². The molecule has 0 radical (unpaired) electrons. The van der Waals surface area contributed by atoms with Gasteiger partial charge in [0.15, 0.2) is 0 Å². The number of nitrogens with one attached hydrogen (secondary N) is 1. The molecule has 2 aromatic rings. The Hall–Kier alpha value is -3.18. The molecule has 3 rings (SSSR count). The second-order valence-corrected chi connectivity index (χ2v) is 7.96. The lowest BCUT2D eigenvalue weighted by atomic mass is 10.0. The molecule has 1 N–H and O–H groups in total. The number of non-ortho nitro benzene ring substituents is 1. The number of ether oxygens (including phenoxy) is 2. The Morgan fingerprint density at radius 3 is 2.74 bits per heavy atom. The van der Waals surface area contributed by atoms with Crippen LogP contribution in [0.1, 0.15) is 38.1 Å². The van der Waals surface area contributed by atoms with Crippen LogP contribution in [-0.2, 0) is 22.4 Å². The van der Waals surface area contributed by atoms with Crippen molar-refractivity contribution in [3.05, 3.63) is 54.9 Å². The van der Waals surface area contributed by atoms with E-state index in [9.17, 15) is 24.5 Å². The molecule has 10 nitrogen and oxygen atoms in total. The minimum Gasteiger partial charge on any atom is -0.462 e. The van der Waals surface area contributed by atoms with E-state index in [2.05, 4.69) is 5.32 Å². The van der Waals surface area contributed by atoms with Crippen LogP contribution < -0.4 is 5.32 Å². The molecule has 0 atom stereocenters. The third-order valence-electron chi connectivity index (χ3n) is 4.60. The maximum absolute atomic E-state index is 12.8. The molecule has 2 amide bonds. The van der Waals surface area contributed by atoms with E-state index in [0.29, 0.717) is 23.4 Å². The fraction of sp³-hybridized carbons (Fsp3) is 0.316. The fourth-order valence-corrected chi connectivity index (χ4v) is 4.62. The average Bonchev–Trinajstić information content (AvgIpc) is 3.10. The summed E-state index contributed by atoms with van der Waals surface area (Å²) in [7, 11) is 1.28. The van der Waals surface area contributed by atoms with Crippen molar-refractivity contribution in [2.75, 3.05) is 25.6 Å². The van der Waals surface area contributed by atoms with Gasteiger partial charge in [-0.1, -0.05) is 11.6 Å². The minimum absolute atomic E-state index is 0.0268. The minimum atomic E-state index is -0.706. The summed E-state index contributed by atoms with van der Waals surface area (Å²) in [6.45, 7) is 2.36. The number of fused-ring (bicyclic) bond motifs is 1. The molecule has 0 aliphatic carbocycles. The van der Waals surface area contributed by atoms with Gasteiger partial charge in [-0.25, -0.2) is 9.59 Å². The van der Waals surface area contributed by atoms with E-state index in [1.807, 2.05) is 0 Å². The standard InChI is InChI=1S/C19H18ClN3O7S/c1-3-30-18(25)15-11-6-7-22(19(26)29-2)9-14(11)31-17(15)21-16(24)12-8-10(23(27)28)4-5-13(12)20/h4-5,8H,3,6-7,9H2,1-2H3,(H,21,24). The number of nitro groups is 1. The van der Waals surface area contributed by atoms with Gasteiger partial charge in [0, 0.05) is 23.6 Å². The van der Waals surface area contributed by atoms with Crippen LogP contribution in [0, 0.1) is 10.1 Å². The molecule has 0 spiro atoms. The number of hydrogen-bond donors (Lipinski definition) is 1. The summed E-state index contributed by atoms with van der Waals surface area (Å²) >= 11 is 7.18. The van der Waals surface area contributed by atoms with E-state index in [1.165, 1.54) is 24.1 Å². The Kier molecular flexibility index (Phi) is 6.76. The Morgan fingerprint density at radius 1 is 1.35 bits per heavy atom. The van der Waals surface area contributed by atoms with Crippen molar-refractivity contribution in [1.82, 2.24) is 4.90 Å². The van der Waals surface area contributed by atoms with E-state index in [1.54, 1.807) is 6.92 Å². The van der Waals surface area contributed by atoms with Gasteiger partial charge in [-0.05, 0) is 25.0 Å². The summed E-state index contributed by atoms with van der Waals surface area (Å²) in [4.78, 5) is 49.9. The first-order valence-electron chi connectivity index (χ1n) is 9.16. The smallest absolute Gasteiger partial charge is 0.409 e. The third-order valence-corrected chi connectivity index (χ3v) is 6.06. The summed E-state index contributed by atoms with van der Waals surface area (Å²) in [6, 6.07) is 3.51. The van der Waals surface area contributed by atoms with Crippen molar-refractivity contribution >= 4 is 51.6 Å². The topological polar surface area (TPSA) is 128 Å². The second kappa shape index (κ2) is 9.31. The number of amides is 2. The molecule has 0 saturated heterocycles. The number of esters is 1. The van der Waals surface area contributed by atoms with Crippen LogP contribution in [0.4, 0.5) is 15.5 Å². The molecule has 0 fully saturated rings. The predicted octanol–water partition coefficient (Wildman–Crippen LogP) is 3.86. The number of anilines is 1. The van der Waals surface area contributed by atoms with Crippen LogP contribution in [0.15, 0.2) is 18.2 Å². The molecule has 31 heavy (non-hydrogen) atoms. The van der Waals surface area contributed by atoms with E-state index in [4.69, 9.17) is 21.1 Å². The van der Waals surface area contributed by atoms with E-state index in [-0.39, 0.29) is 40.0 Å². The SMILES string of the molecule is CCOC(=O)c1c(NC(=O)c2cc([N+](=O)[O-])ccc2Cl)sc2c1CCN(C(=O)OC)C2. The zero-order valence-electron chi connectivity index (χ0n) is 16.6. The van der Waals surface area contributed by atoms with Crippen molar-refractivity contribution in [3.8, 4) is 0 Å². The number of carbonyl (C=O) groups is 3. The first-order chi connectivity index (χ1) is 14.8. The molecular weight excluding hydrogens is 450 g/mol. The summed E-state index contributed by atoms with van der Waals surface area (Å²) in [6.07, 6.45) is -0.117.